The van der Waals surface area contributed by atoms with Crippen LogP contribution in [-0.2, 0) is 11.4 Å². The zero-order valence-corrected chi connectivity index (χ0v) is 15.7. The molecule has 0 saturated carbocycles. The third kappa shape index (κ3) is 3.84. The predicted molar refractivity (Wildman–Crippen MR) is 98.8 cm³/mol. The average Bonchev–Trinajstić information content (AvgIpc) is 3.14. The van der Waals surface area contributed by atoms with Gasteiger partial charge in [0.05, 0.1) is 17.9 Å². The van der Waals surface area contributed by atoms with E-state index in [0.717, 1.165) is 5.69 Å². The first-order valence-electron chi connectivity index (χ1n) is 8.60. The minimum absolute atomic E-state index is 0.185. The number of primary amides is 1. The van der Waals surface area contributed by atoms with Crippen LogP contribution in [0, 0.1) is 20.8 Å². The molecule has 0 saturated heterocycles. The van der Waals surface area contributed by atoms with Crippen LogP contribution in [0.2, 0.25) is 0 Å². The number of nitrogens with zero attached hydrogens (tertiary/aromatic N) is 1. The van der Waals surface area contributed by atoms with Crippen molar-refractivity contribution in [3.05, 3.63) is 46.9 Å². The van der Waals surface area contributed by atoms with E-state index in [9.17, 15) is 14.7 Å². The zero-order valence-electron chi connectivity index (χ0n) is 15.7. The van der Waals surface area contributed by atoms with Crippen molar-refractivity contribution in [1.82, 2.24) is 10.3 Å². The molecule has 1 aromatic carbocycles. The van der Waals surface area contributed by atoms with E-state index >= 15 is 0 Å². The van der Waals surface area contributed by atoms with Crippen molar-refractivity contribution >= 4 is 22.8 Å². The second-order valence-corrected chi connectivity index (χ2v) is 6.33. The molecule has 3 aromatic rings. The molecule has 0 aliphatic rings. The third-order valence-corrected chi connectivity index (χ3v) is 4.26. The lowest BCUT2D eigenvalue weighted by molar-refractivity contribution is -0.120. The lowest BCUT2D eigenvalue weighted by Gasteiger charge is -2.12. The van der Waals surface area contributed by atoms with Gasteiger partial charge in [0, 0.05) is 12.3 Å². The number of nitrogens with one attached hydrogen (secondary N) is 1. The van der Waals surface area contributed by atoms with Gasteiger partial charge in [-0.3, -0.25) is 9.59 Å². The molecule has 4 N–H and O–H groups in total. The van der Waals surface area contributed by atoms with Crippen LogP contribution < -0.4 is 15.8 Å². The predicted octanol–water partition coefficient (Wildman–Crippen LogP) is 1.50. The third-order valence-electron chi connectivity index (χ3n) is 4.26. The molecule has 28 heavy (non-hydrogen) atoms. The summed E-state index contributed by atoms with van der Waals surface area (Å²) < 4.78 is 16.9. The summed E-state index contributed by atoms with van der Waals surface area (Å²) in [6.07, 6.45) is 0. The molecular weight excluding hydrogens is 366 g/mol. The maximum absolute atomic E-state index is 12.6. The largest absolute Gasteiger partial charge is 0.486 e. The summed E-state index contributed by atoms with van der Waals surface area (Å²) in [6.45, 7) is 4.81. The summed E-state index contributed by atoms with van der Waals surface area (Å²) in [4.78, 5) is 28.1. The Hall–Kier alpha value is -3.33. The van der Waals surface area contributed by atoms with Crippen LogP contribution in [0.3, 0.4) is 0 Å². The first-order valence-corrected chi connectivity index (χ1v) is 8.60. The maximum atomic E-state index is 12.6. The Labute approximate surface area is 160 Å². The van der Waals surface area contributed by atoms with Crippen LogP contribution in [0.4, 0.5) is 0 Å². The number of fused-ring (bicyclic) bond motifs is 1. The van der Waals surface area contributed by atoms with Crippen LogP contribution >= 0.6 is 0 Å². The molecule has 9 nitrogen and oxygen atoms in total. The number of aromatic nitrogens is 1. The van der Waals surface area contributed by atoms with Gasteiger partial charge in [0.2, 0.25) is 5.91 Å². The number of amides is 2. The highest BCUT2D eigenvalue weighted by molar-refractivity contribution is 6.08. The molecule has 0 bridgehead atoms. The number of benzene rings is 1. The van der Waals surface area contributed by atoms with Gasteiger partial charge in [-0.2, -0.15) is 0 Å². The quantitative estimate of drug-likeness (QED) is 0.558. The highest BCUT2D eigenvalue weighted by atomic mass is 16.5. The molecule has 0 aliphatic carbocycles. The van der Waals surface area contributed by atoms with Gasteiger partial charge in [0.25, 0.3) is 5.91 Å². The molecule has 0 aliphatic heterocycles. The van der Waals surface area contributed by atoms with E-state index in [0.29, 0.717) is 34.1 Å². The van der Waals surface area contributed by atoms with Crippen molar-refractivity contribution in [1.29, 1.82) is 0 Å². The Kier molecular flexibility index (Phi) is 5.36. The Balaban J connectivity index is 1.86. The standard InChI is InChI=1S/C19H21N3O6/c1-9-16(28-11(3)21-9)8-26-12-4-5-15-13(6-12)17(10(2)27-15)19(25)22-14(7-23)18(20)24/h4-6,14,23H,7-8H2,1-3H3,(H2,20,24)(H,22,25)/t14-/m0/s1. The molecule has 2 amide bonds. The second kappa shape index (κ2) is 7.73. The SMILES string of the molecule is Cc1nc(C)c(COc2ccc3oc(C)c(C(=O)N[C@@H](CO)C(N)=O)c3c2)o1. The number of hydrogen-bond acceptors (Lipinski definition) is 7. The highest BCUT2D eigenvalue weighted by Crippen LogP contribution is 2.29. The molecule has 0 spiro atoms. The minimum atomic E-state index is -1.19. The van der Waals surface area contributed by atoms with Gasteiger partial charge in [-0.25, -0.2) is 4.98 Å². The Bertz CT molecular complexity index is 1040. The van der Waals surface area contributed by atoms with Gasteiger partial charge in [-0.05, 0) is 32.0 Å². The number of aliphatic hydroxyl groups is 1. The second-order valence-electron chi connectivity index (χ2n) is 6.33. The van der Waals surface area contributed by atoms with Gasteiger partial charge in [-0.15, -0.1) is 0 Å². The van der Waals surface area contributed by atoms with E-state index in [1.165, 1.54) is 0 Å². The van der Waals surface area contributed by atoms with Gasteiger partial charge < -0.3 is 29.7 Å². The average molecular weight is 387 g/mol. The number of hydrogen-bond donors (Lipinski definition) is 3. The van der Waals surface area contributed by atoms with Crippen LogP contribution in [0.25, 0.3) is 11.0 Å². The number of aryl methyl sites for hydroxylation is 3. The van der Waals surface area contributed by atoms with Gasteiger partial charge in [0.1, 0.15) is 29.7 Å². The number of furan rings is 1. The number of aliphatic hydroxyl groups excluding tert-OH is 1. The van der Waals surface area contributed by atoms with Crippen molar-refractivity contribution in [2.45, 2.75) is 33.4 Å². The lowest BCUT2D eigenvalue weighted by Crippen LogP contribution is -2.46. The molecule has 0 fully saturated rings. The monoisotopic (exact) mass is 387 g/mol. The van der Waals surface area contributed by atoms with Crippen LogP contribution in [0.15, 0.2) is 27.0 Å². The topological polar surface area (TPSA) is 141 Å². The summed E-state index contributed by atoms with van der Waals surface area (Å²) in [5.41, 5.74) is 6.64. The first-order chi connectivity index (χ1) is 13.3. The molecule has 2 aromatic heterocycles. The van der Waals surface area contributed by atoms with Crippen molar-refractivity contribution in [3.8, 4) is 5.75 Å². The molecule has 3 rings (SSSR count). The molecule has 148 valence electrons. The summed E-state index contributed by atoms with van der Waals surface area (Å²) in [5, 5.41) is 12.1. The summed E-state index contributed by atoms with van der Waals surface area (Å²) >= 11 is 0. The molecule has 2 heterocycles. The molecule has 0 radical (unpaired) electrons. The smallest absolute Gasteiger partial charge is 0.256 e. The van der Waals surface area contributed by atoms with Crippen molar-refractivity contribution < 1.29 is 28.3 Å². The molecule has 9 heteroatoms. The van der Waals surface area contributed by atoms with Gasteiger partial charge in [0.15, 0.2) is 11.7 Å². The van der Waals surface area contributed by atoms with Crippen LogP contribution in [0.1, 0.15) is 33.5 Å². The lowest BCUT2D eigenvalue weighted by atomic mass is 10.1. The first kappa shape index (κ1) is 19.4. The molecular formula is C19H21N3O6. The Morgan fingerprint density at radius 2 is 2.04 bits per heavy atom. The number of ether oxygens (including phenoxy) is 1. The number of rotatable bonds is 7. The molecule has 0 unspecified atom stereocenters. The van der Waals surface area contributed by atoms with Gasteiger partial charge in [-0.1, -0.05) is 0 Å². The van der Waals surface area contributed by atoms with Crippen molar-refractivity contribution in [2.75, 3.05) is 6.61 Å². The van der Waals surface area contributed by atoms with E-state index in [2.05, 4.69) is 10.3 Å². The fourth-order valence-electron chi connectivity index (χ4n) is 2.86. The summed E-state index contributed by atoms with van der Waals surface area (Å²) in [6, 6.07) is 3.88. The minimum Gasteiger partial charge on any atom is -0.486 e. The van der Waals surface area contributed by atoms with E-state index < -0.39 is 24.5 Å². The van der Waals surface area contributed by atoms with E-state index in [1.54, 1.807) is 32.0 Å². The van der Waals surface area contributed by atoms with E-state index in [-0.39, 0.29) is 12.2 Å². The van der Waals surface area contributed by atoms with Crippen LogP contribution in [0.5, 0.6) is 5.75 Å². The number of carbonyl (C=O) groups is 2. The van der Waals surface area contributed by atoms with E-state index in [4.69, 9.17) is 19.3 Å². The van der Waals surface area contributed by atoms with Crippen molar-refractivity contribution in [2.24, 2.45) is 5.73 Å². The fourth-order valence-corrected chi connectivity index (χ4v) is 2.86. The number of carbonyl (C=O) groups excluding carboxylic acids is 2. The Morgan fingerprint density at radius 3 is 2.64 bits per heavy atom. The highest BCUT2D eigenvalue weighted by Gasteiger charge is 2.23. The number of nitrogens with two attached hydrogens (primary N) is 1. The zero-order chi connectivity index (χ0) is 20.4. The fraction of sp³-hybridized carbons (Fsp3) is 0.316. The summed E-state index contributed by atoms with van der Waals surface area (Å²) in [5.74, 6) is 0.642. The summed E-state index contributed by atoms with van der Waals surface area (Å²) in [7, 11) is 0. The van der Waals surface area contributed by atoms with Crippen molar-refractivity contribution in [3.63, 3.8) is 0 Å². The number of oxazole rings is 1. The normalized spacial score (nSPS) is 12.1. The van der Waals surface area contributed by atoms with Gasteiger partial charge >= 0.3 is 0 Å². The molecule has 1 atom stereocenters. The van der Waals surface area contributed by atoms with E-state index in [1.807, 2.05) is 6.92 Å². The van der Waals surface area contributed by atoms with Crippen LogP contribution in [-0.4, -0.2) is 34.6 Å². The Morgan fingerprint density at radius 1 is 1.29 bits per heavy atom. The maximum Gasteiger partial charge on any atom is 0.256 e.